The lowest BCUT2D eigenvalue weighted by Gasteiger charge is -2.24. The zero-order valence-electron chi connectivity index (χ0n) is 21.2. The van der Waals surface area contributed by atoms with Gasteiger partial charge in [-0.05, 0) is 84.4 Å². The normalized spacial score (nSPS) is 15.3. The number of ether oxygens (including phenoxy) is 3. The zero-order valence-corrected chi connectivity index (χ0v) is 24.4. The molecule has 0 fully saturated rings. The Morgan fingerprint density at radius 3 is 2.57 bits per heavy atom. The summed E-state index contributed by atoms with van der Waals surface area (Å²) in [7, 11) is 1.57. The molecule has 1 atom stereocenters. The summed E-state index contributed by atoms with van der Waals surface area (Å²) in [4.78, 5) is 33.1. The van der Waals surface area contributed by atoms with Crippen LogP contribution in [-0.4, -0.2) is 37.1 Å². The largest absolute Gasteiger partial charge is 0.493 e. The van der Waals surface area contributed by atoms with E-state index in [1.165, 1.54) is 11.3 Å². The summed E-state index contributed by atoms with van der Waals surface area (Å²) >= 11 is 6.45. The van der Waals surface area contributed by atoms with Gasteiger partial charge >= 0.3 is 5.97 Å². The number of carbonyl (C=O) groups is 1. The molecule has 0 bridgehead atoms. The van der Waals surface area contributed by atoms with Gasteiger partial charge in [0.1, 0.15) is 0 Å². The van der Waals surface area contributed by atoms with Gasteiger partial charge in [-0.25, -0.2) is 9.79 Å². The van der Waals surface area contributed by atoms with Gasteiger partial charge in [0, 0.05) is 4.90 Å². The van der Waals surface area contributed by atoms with Gasteiger partial charge in [0.25, 0.3) is 5.56 Å². The number of hydrogen-bond acceptors (Lipinski definition) is 8. The Bertz CT molecular complexity index is 1540. The van der Waals surface area contributed by atoms with Crippen LogP contribution in [0.5, 0.6) is 11.5 Å². The maximum absolute atomic E-state index is 13.8. The zero-order chi connectivity index (χ0) is 26.7. The van der Waals surface area contributed by atoms with Crippen LogP contribution in [0.4, 0.5) is 0 Å². The van der Waals surface area contributed by atoms with Crippen LogP contribution in [-0.2, 0) is 9.53 Å². The number of halogens is 1. The van der Waals surface area contributed by atoms with Crippen molar-refractivity contribution < 1.29 is 19.0 Å². The molecule has 37 heavy (non-hydrogen) atoms. The van der Waals surface area contributed by atoms with Crippen LogP contribution in [0.15, 0.2) is 66.8 Å². The predicted octanol–water partition coefficient (Wildman–Crippen LogP) is 4.69. The molecule has 4 rings (SSSR count). The summed E-state index contributed by atoms with van der Waals surface area (Å²) < 4.78 is 19.4. The molecule has 3 aromatic rings. The van der Waals surface area contributed by atoms with Gasteiger partial charge in [-0.1, -0.05) is 23.5 Å². The molecule has 0 saturated carbocycles. The van der Waals surface area contributed by atoms with Crippen molar-refractivity contribution in [3.05, 3.63) is 83.0 Å². The summed E-state index contributed by atoms with van der Waals surface area (Å²) in [5, 5.41) is 0. The molecule has 0 saturated heterocycles. The molecule has 0 amide bonds. The lowest BCUT2D eigenvalue weighted by molar-refractivity contribution is -0.139. The van der Waals surface area contributed by atoms with Gasteiger partial charge in [-0.15, -0.1) is 11.8 Å². The van der Waals surface area contributed by atoms with Crippen LogP contribution >= 0.6 is 39.0 Å². The predicted molar refractivity (Wildman–Crippen MR) is 150 cm³/mol. The lowest BCUT2D eigenvalue weighted by atomic mass is 9.96. The first kappa shape index (κ1) is 27.2. The van der Waals surface area contributed by atoms with E-state index >= 15 is 0 Å². The van der Waals surface area contributed by atoms with E-state index in [0.717, 1.165) is 20.5 Å². The second-order valence-electron chi connectivity index (χ2n) is 8.04. The number of benzene rings is 2. The first-order chi connectivity index (χ1) is 17.8. The fourth-order valence-corrected chi connectivity index (χ4v) is 6.18. The molecule has 1 aromatic heterocycles. The number of esters is 1. The molecule has 1 aliphatic heterocycles. The molecule has 0 unspecified atom stereocenters. The van der Waals surface area contributed by atoms with E-state index in [9.17, 15) is 9.59 Å². The molecular weight excluding hydrogens is 576 g/mol. The Morgan fingerprint density at radius 1 is 1.22 bits per heavy atom. The fourth-order valence-electron chi connectivity index (χ4n) is 4.15. The minimum atomic E-state index is -0.644. The Morgan fingerprint density at radius 2 is 1.95 bits per heavy atom. The van der Waals surface area contributed by atoms with Gasteiger partial charge in [0.15, 0.2) is 16.3 Å². The highest BCUT2D eigenvalue weighted by Gasteiger charge is 2.33. The SMILES string of the molecule is CCOC(=O)C1=C(C)N=c2s/c(=C\c3cc(Br)c(OCC)c(OC)c3)c(=O)n2[C@H]1c1ccc(SC)cc1. The molecule has 0 N–H and O–H groups in total. The van der Waals surface area contributed by atoms with E-state index in [1.807, 2.05) is 49.6 Å². The van der Waals surface area contributed by atoms with Gasteiger partial charge < -0.3 is 14.2 Å². The van der Waals surface area contributed by atoms with Crippen LogP contribution in [0, 0.1) is 0 Å². The number of allylic oxidation sites excluding steroid dienone is 1. The number of aromatic nitrogens is 1. The highest BCUT2D eigenvalue weighted by Crippen LogP contribution is 2.37. The summed E-state index contributed by atoms with van der Waals surface area (Å²) in [6, 6.07) is 10.9. The number of hydrogen-bond donors (Lipinski definition) is 0. The number of thiazole rings is 1. The van der Waals surface area contributed by atoms with Crippen LogP contribution in [0.3, 0.4) is 0 Å². The van der Waals surface area contributed by atoms with E-state index in [4.69, 9.17) is 14.2 Å². The maximum Gasteiger partial charge on any atom is 0.338 e. The van der Waals surface area contributed by atoms with Gasteiger partial charge in [-0.3, -0.25) is 9.36 Å². The standard InChI is InChI=1S/C27H27BrN2O5S2/c1-6-34-24-19(28)12-16(13-20(24)33-4)14-21-25(31)30-23(17-8-10-18(36-5)11-9-17)22(26(32)35-7-2)15(3)29-27(30)37-21/h8-14,23H,6-7H2,1-5H3/b21-14-/t23-/m0/s1. The van der Waals surface area contributed by atoms with Gasteiger partial charge in [0.05, 0.1) is 46.6 Å². The van der Waals surface area contributed by atoms with Crippen LogP contribution < -0.4 is 24.4 Å². The molecule has 2 heterocycles. The van der Waals surface area contributed by atoms with E-state index in [0.29, 0.717) is 38.7 Å². The molecule has 0 aliphatic carbocycles. The molecule has 194 valence electrons. The summed E-state index contributed by atoms with van der Waals surface area (Å²) in [6.45, 7) is 6.16. The van der Waals surface area contributed by atoms with Crippen molar-refractivity contribution in [3.63, 3.8) is 0 Å². The number of fused-ring (bicyclic) bond motifs is 1. The molecule has 2 aromatic carbocycles. The molecule has 0 radical (unpaired) electrons. The Balaban J connectivity index is 1.91. The number of thioether (sulfide) groups is 1. The van der Waals surface area contributed by atoms with Crippen molar-refractivity contribution >= 4 is 51.1 Å². The monoisotopic (exact) mass is 602 g/mol. The average molecular weight is 604 g/mol. The van der Waals surface area contributed by atoms with Crippen molar-refractivity contribution in [3.8, 4) is 11.5 Å². The second-order valence-corrected chi connectivity index (χ2v) is 10.8. The third-order valence-electron chi connectivity index (χ3n) is 5.79. The van der Waals surface area contributed by atoms with Crippen molar-refractivity contribution in [1.82, 2.24) is 4.57 Å². The lowest BCUT2D eigenvalue weighted by Crippen LogP contribution is -2.39. The molecular formula is C27H27BrN2O5S2. The summed E-state index contributed by atoms with van der Waals surface area (Å²) in [5.41, 5.74) is 2.24. The first-order valence-electron chi connectivity index (χ1n) is 11.7. The quantitative estimate of drug-likeness (QED) is 0.275. The molecule has 1 aliphatic rings. The number of methoxy groups -OCH3 is 1. The Labute approximate surface area is 231 Å². The Hall–Kier alpha value is -2.82. The fraction of sp³-hybridized carbons (Fsp3) is 0.296. The topological polar surface area (TPSA) is 79.1 Å². The second kappa shape index (κ2) is 11.7. The van der Waals surface area contributed by atoms with E-state index in [-0.39, 0.29) is 12.2 Å². The smallest absolute Gasteiger partial charge is 0.338 e. The van der Waals surface area contributed by atoms with Crippen LogP contribution in [0.2, 0.25) is 0 Å². The molecule has 0 spiro atoms. The van der Waals surface area contributed by atoms with E-state index in [2.05, 4.69) is 20.9 Å². The van der Waals surface area contributed by atoms with Crippen molar-refractivity contribution in [2.75, 3.05) is 26.6 Å². The highest BCUT2D eigenvalue weighted by molar-refractivity contribution is 9.10. The maximum atomic E-state index is 13.8. The molecule has 10 heteroatoms. The van der Waals surface area contributed by atoms with Gasteiger partial charge in [-0.2, -0.15) is 0 Å². The van der Waals surface area contributed by atoms with Crippen molar-refractivity contribution in [1.29, 1.82) is 0 Å². The number of carbonyl (C=O) groups excluding carboxylic acids is 1. The van der Waals surface area contributed by atoms with E-state index in [1.54, 1.807) is 43.4 Å². The first-order valence-corrected chi connectivity index (χ1v) is 14.5. The summed E-state index contributed by atoms with van der Waals surface area (Å²) in [5.74, 6) is 0.687. The van der Waals surface area contributed by atoms with E-state index < -0.39 is 12.0 Å². The van der Waals surface area contributed by atoms with Gasteiger partial charge in [0.2, 0.25) is 0 Å². The van der Waals surface area contributed by atoms with Crippen molar-refractivity contribution in [2.24, 2.45) is 4.99 Å². The minimum Gasteiger partial charge on any atom is -0.493 e. The third-order valence-corrected chi connectivity index (χ3v) is 8.10. The van der Waals surface area contributed by atoms with Crippen LogP contribution in [0.1, 0.15) is 37.9 Å². The average Bonchev–Trinajstić information content (AvgIpc) is 3.18. The third kappa shape index (κ3) is 5.42. The van der Waals surface area contributed by atoms with Crippen LogP contribution in [0.25, 0.3) is 6.08 Å². The van der Waals surface area contributed by atoms with Crippen molar-refractivity contribution in [2.45, 2.75) is 31.7 Å². The molecule has 7 nitrogen and oxygen atoms in total. The summed E-state index contributed by atoms with van der Waals surface area (Å²) in [6.07, 6.45) is 3.80. The minimum absolute atomic E-state index is 0.229. The number of rotatable bonds is 8. The number of nitrogens with zero attached hydrogens (tertiary/aromatic N) is 2. The highest BCUT2D eigenvalue weighted by atomic mass is 79.9. The Kier molecular flexibility index (Phi) is 8.61.